The Balaban J connectivity index is 1.88. The third kappa shape index (κ3) is 3.57. The molecule has 0 fully saturated rings. The van der Waals surface area contributed by atoms with E-state index in [0.717, 1.165) is 17.1 Å². The summed E-state index contributed by atoms with van der Waals surface area (Å²) in [5.41, 5.74) is 3.51. The van der Waals surface area contributed by atoms with Gasteiger partial charge in [-0.1, -0.05) is 13.0 Å². The Morgan fingerprint density at radius 3 is 2.60 bits per heavy atom. The molecule has 0 radical (unpaired) electrons. The summed E-state index contributed by atoms with van der Waals surface area (Å²) in [6, 6.07) is 11.6. The molecule has 1 amide bonds. The van der Waals surface area contributed by atoms with Gasteiger partial charge in [-0.15, -0.1) is 0 Å². The Labute approximate surface area is 145 Å². The first kappa shape index (κ1) is 16.8. The molecule has 3 aromatic rings. The molecular weight excluding hydrogens is 319 g/mol. The highest BCUT2D eigenvalue weighted by molar-refractivity contribution is 5.96. The van der Waals surface area contributed by atoms with E-state index in [2.05, 4.69) is 15.4 Å². The number of benzene rings is 1. The fourth-order valence-corrected chi connectivity index (χ4v) is 2.75. The van der Waals surface area contributed by atoms with Crippen LogP contribution >= 0.6 is 0 Å². The number of nitrogens with one attached hydrogen (secondary N) is 1. The third-order valence-electron chi connectivity index (χ3n) is 3.95. The highest BCUT2D eigenvalue weighted by atomic mass is 19.1. The second-order valence-corrected chi connectivity index (χ2v) is 5.65. The topological polar surface area (TPSA) is 59.8 Å². The van der Waals surface area contributed by atoms with Gasteiger partial charge >= 0.3 is 0 Å². The molecule has 6 heteroatoms. The maximum Gasteiger partial charge on any atom is 0.255 e. The van der Waals surface area contributed by atoms with E-state index in [1.54, 1.807) is 29.9 Å². The third-order valence-corrected chi connectivity index (χ3v) is 3.95. The second kappa shape index (κ2) is 7.25. The van der Waals surface area contributed by atoms with Crippen LogP contribution in [-0.2, 0) is 13.0 Å². The largest absolute Gasteiger partial charge is 0.346 e. The smallest absolute Gasteiger partial charge is 0.255 e. The maximum absolute atomic E-state index is 13.2. The summed E-state index contributed by atoms with van der Waals surface area (Å²) in [4.78, 5) is 16.9. The van der Waals surface area contributed by atoms with Crippen LogP contribution in [0.5, 0.6) is 0 Å². The molecule has 0 saturated carbocycles. The lowest BCUT2D eigenvalue weighted by atomic mass is 10.1. The van der Waals surface area contributed by atoms with E-state index in [0.29, 0.717) is 24.2 Å². The highest BCUT2D eigenvalue weighted by Gasteiger charge is 2.21. The number of rotatable bonds is 5. The quantitative estimate of drug-likeness (QED) is 0.777. The zero-order chi connectivity index (χ0) is 17.8. The number of pyridine rings is 1. The van der Waals surface area contributed by atoms with Crippen LogP contribution in [-0.4, -0.2) is 20.7 Å². The van der Waals surface area contributed by atoms with Gasteiger partial charge in [0.25, 0.3) is 5.91 Å². The Morgan fingerprint density at radius 2 is 1.96 bits per heavy atom. The van der Waals surface area contributed by atoms with Crippen molar-refractivity contribution in [2.75, 3.05) is 0 Å². The Bertz CT molecular complexity index is 872. The van der Waals surface area contributed by atoms with Crippen LogP contribution in [0.1, 0.15) is 34.4 Å². The molecule has 1 aromatic carbocycles. The standard InChI is InChI=1S/C19H19FN4O/c1-3-17-18(19(25)22-12-15-6-4-5-11-21-15)13(2)23-24(17)16-9-7-14(20)8-10-16/h4-11H,3,12H2,1-2H3,(H,22,25). The average molecular weight is 338 g/mol. The van der Waals surface area contributed by atoms with Crippen LogP contribution in [0.4, 0.5) is 4.39 Å². The van der Waals surface area contributed by atoms with Crippen molar-refractivity contribution in [1.29, 1.82) is 0 Å². The summed E-state index contributed by atoms with van der Waals surface area (Å²) >= 11 is 0. The SMILES string of the molecule is CCc1c(C(=O)NCc2ccccn2)c(C)nn1-c1ccc(F)cc1. The lowest BCUT2D eigenvalue weighted by Gasteiger charge is -2.08. The summed E-state index contributed by atoms with van der Waals surface area (Å²) in [5.74, 6) is -0.493. The summed E-state index contributed by atoms with van der Waals surface area (Å²) in [6.45, 7) is 4.12. The van der Waals surface area contributed by atoms with E-state index in [1.807, 2.05) is 25.1 Å². The van der Waals surface area contributed by atoms with E-state index in [4.69, 9.17) is 0 Å². The number of hydrogen-bond donors (Lipinski definition) is 1. The minimum atomic E-state index is -0.306. The normalized spacial score (nSPS) is 10.7. The van der Waals surface area contributed by atoms with Crippen molar-refractivity contribution in [3.63, 3.8) is 0 Å². The monoisotopic (exact) mass is 338 g/mol. The van der Waals surface area contributed by atoms with Gasteiger partial charge in [-0.25, -0.2) is 9.07 Å². The summed E-state index contributed by atoms with van der Waals surface area (Å²) in [6.07, 6.45) is 2.32. The number of hydrogen-bond acceptors (Lipinski definition) is 3. The molecule has 0 unspecified atom stereocenters. The molecule has 0 saturated heterocycles. The van der Waals surface area contributed by atoms with Gasteiger partial charge < -0.3 is 5.32 Å². The fourth-order valence-electron chi connectivity index (χ4n) is 2.75. The van der Waals surface area contributed by atoms with Crippen LogP contribution in [0, 0.1) is 12.7 Å². The van der Waals surface area contributed by atoms with Gasteiger partial charge in [0.1, 0.15) is 5.82 Å². The van der Waals surface area contributed by atoms with Gasteiger partial charge in [-0.05, 0) is 49.7 Å². The highest BCUT2D eigenvalue weighted by Crippen LogP contribution is 2.20. The molecule has 128 valence electrons. The van der Waals surface area contributed by atoms with Crippen molar-refractivity contribution in [1.82, 2.24) is 20.1 Å². The number of nitrogens with zero attached hydrogens (tertiary/aromatic N) is 3. The lowest BCUT2D eigenvalue weighted by Crippen LogP contribution is -2.24. The predicted octanol–water partition coefficient (Wildman–Crippen LogP) is 3.21. The molecular formula is C19H19FN4O. The number of aromatic nitrogens is 3. The predicted molar refractivity (Wildman–Crippen MR) is 93.0 cm³/mol. The van der Waals surface area contributed by atoms with Crippen LogP contribution in [0.2, 0.25) is 0 Å². The first-order chi connectivity index (χ1) is 12.1. The van der Waals surface area contributed by atoms with E-state index in [-0.39, 0.29) is 11.7 Å². The number of carbonyl (C=O) groups excluding carboxylic acids is 1. The molecule has 0 spiro atoms. The molecule has 25 heavy (non-hydrogen) atoms. The van der Waals surface area contributed by atoms with Crippen LogP contribution < -0.4 is 5.32 Å². The van der Waals surface area contributed by atoms with Crippen molar-refractivity contribution in [2.24, 2.45) is 0 Å². The molecule has 5 nitrogen and oxygen atoms in total. The van der Waals surface area contributed by atoms with E-state index in [1.165, 1.54) is 12.1 Å². The lowest BCUT2D eigenvalue weighted by molar-refractivity contribution is 0.0949. The minimum Gasteiger partial charge on any atom is -0.346 e. The number of aryl methyl sites for hydroxylation is 1. The average Bonchev–Trinajstić information content (AvgIpc) is 2.97. The zero-order valence-electron chi connectivity index (χ0n) is 14.2. The molecule has 0 aliphatic heterocycles. The van der Waals surface area contributed by atoms with Crippen LogP contribution in [0.15, 0.2) is 48.7 Å². The maximum atomic E-state index is 13.2. The van der Waals surface area contributed by atoms with Gasteiger partial charge in [0.15, 0.2) is 0 Å². The van der Waals surface area contributed by atoms with Gasteiger partial charge in [-0.3, -0.25) is 9.78 Å². The zero-order valence-corrected chi connectivity index (χ0v) is 14.2. The van der Waals surface area contributed by atoms with Crippen molar-refractivity contribution >= 4 is 5.91 Å². The fraction of sp³-hybridized carbons (Fsp3) is 0.211. The molecule has 3 rings (SSSR count). The van der Waals surface area contributed by atoms with Crippen molar-refractivity contribution < 1.29 is 9.18 Å². The first-order valence-electron chi connectivity index (χ1n) is 8.12. The first-order valence-corrected chi connectivity index (χ1v) is 8.12. The van der Waals surface area contributed by atoms with E-state index < -0.39 is 0 Å². The van der Waals surface area contributed by atoms with Gasteiger partial charge in [-0.2, -0.15) is 5.10 Å². The summed E-state index contributed by atoms with van der Waals surface area (Å²) < 4.78 is 14.9. The molecule has 0 bridgehead atoms. The molecule has 0 atom stereocenters. The van der Waals surface area contributed by atoms with Crippen LogP contribution in [0.25, 0.3) is 5.69 Å². The van der Waals surface area contributed by atoms with E-state index >= 15 is 0 Å². The Hall–Kier alpha value is -3.02. The second-order valence-electron chi connectivity index (χ2n) is 5.65. The molecule has 2 heterocycles. The van der Waals surface area contributed by atoms with Crippen molar-refractivity contribution in [3.05, 3.63) is 77.1 Å². The van der Waals surface area contributed by atoms with Gasteiger partial charge in [0.05, 0.1) is 34.9 Å². The Kier molecular flexibility index (Phi) is 4.88. The van der Waals surface area contributed by atoms with Gasteiger partial charge in [0.2, 0.25) is 0 Å². The Morgan fingerprint density at radius 1 is 1.20 bits per heavy atom. The van der Waals surface area contributed by atoms with E-state index in [9.17, 15) is 9.18 Å². The van der Waals surface area contributed by atoms with Crippen molar-refractivity contribution in [3.8, 4) is 5.69 Å². The molecule has 2 aromatic heterocycles. The van der Waals surface area contributed by atoms with Gasteiger partial charge in [0, 0.05) is 6.20 Å². The summed E-state index contributed by atoms with van der Waals surface area (Å²) in [5, 5.41) is 7.37. The number of amides is 1. The summed E-state index contributed by atoms with van der Waals surface area (Å²) in [7, 11) is 0. The molecule has 0 aliphatic carbocycles. The number of halogens is 1. The van der Waals surface area contributed by atoms with Crippen LogP contribution in [0.3, 0.4) is 0 Å². The molecule has 0 aliphatic rings. The minimum absolute atomic E-state index is 0.187. The number of carbonyl (C=O) groups is 1. The molecule has 1 N–H and O–H groups in total. The van der Waals surface area contributed by atoms with Crippen molar-refractivity contribution in [2.45, 2.75) is 26.8 Å².